The van der Waals surface area contributed by atoms with Gasteiger partial charge in [0.1, 0.15) is 0 Å². The maximum atomic E-state index is 3.20. The van der Waals surface area contributed by atoms with Crippen molar-refractivity contribution in [3.8, 4) is 11.8 Å². The normalized spacial score (nSPS) is 18.6. The van der Waals surface area contributed by atoms with Gasteiger partial charge in [-0.25, -0.2) is 0 Å². The van der Waals surface area contributed by atoms with E-state index < -0.39 is 0 Å². The number of rotatable bonds is 3. The third-order valence-electron chi connectivity index (χ3n) is 2.45. The highest BCUT2D eigenvalue weighted by molar-refractivity contribution is 5.01. The van der Waals surface area contributed by atoms with E-state index in [2.05, 4.69) is 18.8 Å². The van der Waals surface area contributed by atoms with Crippen LogP contribution in [-0.2, 0) is 0 Å². The van der Waals surface area contributed by atoms with Gasteiger partial charge in [-0.1, -0.05) is 26.2 Å². The quantitative estimate of drug-likeness (QED) is 0.541. The molecule has 0 bridgehead atoms. The molecule has 0 aromatic heterocycles. The van der Waals surface area contributed by atoms with Gasteiger partial charge in [-0.3, -0.25) is 0 Å². The first-order chi connectivity index (χ1) is 5.43. The fourth-order valence-corrected chi connectivity index (χ4v) is 1.66. The molecule has 0 atom stereocenters. The van der Waals surface area contributed by atoms with Gasteiger partial charge in [0.2, 0.25) is 0 Å². The first-order valence-corrected chi connectivity index (χ1v) is 4.89. The van der Waals surface area contributed by atoms with Gasteiger partial charge in [0.05, 0.1) is 0 Å². The average molecular weight is 150 g/mol. The Labute approximate surface area is 70.4 Å². The maximum Gasteiger partial charge on any atom is 0.00913 e. The molecule has 0 heterocycles. The predicted molar refractivity (Wildman–Crippen MR) is 49.3 cm³/mol. The highest BCUT2D eigenvalue weighted by Gasteiger charge is 2.07. The molecule has 0 spiro atoms. The van der Waals surface area contributed by atoms with Crippen LogP contribution in [0.4, 0.5) is 0 Å². The van der Waals surface area contributed by atoms with Crippen molar-refractivity contribution < 1.29 is 0 Å². The molecule has 1 aliphatic rings. The lowest BCUT2D eigenvalue weighted by atomic mass is 9.94. The Balaban J connectivity index is 2.14. The molecule has 0 aromatic rings. The summed E-state index contributed by atoms with van der Waals surface area (Å²) >= 11 is 0. The molecule has 0 N–H and O–H groups in total. The molecule has 1 rings (SSSR count). The van der Waals surface area contributed by atoms with Crippen LogP contribution in [0.2, 0.25) is 0 Å². The van der Waals surface area contributed by atoms with Crippen LogP contribution in [0.5, 0.6) is 0 Å². The lowest BCUT2D eigenvalue weighted by Gasteiger charge is -2.11. The summed E-state index contributed by atoms with van der Waals surface area (Å²) < 4.78 is 0. The third kappa shape index (κ3) is 3.46. The first-order valence-electron chi connectivity index (χ1n) is 4.89. The zero-order valence-electron chi connectivity index (χ0n) is 7.53. The van der Waals surface area contributed by atoms with Gasteiger partial charge >= 0.3 is 0 Å². The van der Waals surface area contributed by atoms with E-state index in [4.69, 9.17) is 0 Å². The summed E-state index contributed by atoms with van der Waals surface area (Å²) in [5, 5.41) is 0. The number of hydrogen-bond acceptors (Lipinski definition) is 0. The van der Waals surface area contributed by atoms with E-state index in [-0.39, 0.29) is 0 Å². The summed E-state index contributed by atoms with van der Waals surface area (Å²) in [7, 11) is 0. The van der Waals surface area contributed by atoms with Crippen molar-refractivity contribution in [2.75, 3.05) is 0 Å². The van der Waals surface area contributed by atoms with Crippen LogP contribution < -0.4 is 0 Å². The van der Waals surface area contributed by atoms with Crippen molar-refractivity contribution in [1.82, 2.24) is 0 Å². The van der Waals surface area contributed by atoms with E-state index in [0.29, 0.717) is 0 Å². The molecule has 0 aromatic carbocycles. The molecule has 0 amide bonds. The van der Waals surface area contributed by atoms with Gasteiger partial charge in [0.25, 0.3) is 0 Å². The highest BCUT2D eigenvalue weighted by atomic mass is 14.1. The Hall–Kier alpha value is -0.440. The summed E-state index contributed by atoms with van der Waals surface area (Å²) in [6.45, 7) is 2.27. The standard InChI is InChI=1S/C11H18/c1-2-3-8-11-9-6-4-5-7-10-11/h11H,2-3,6-10H2,1H3. The summed E-state index contributed by atoms with van der Waals surface area (Å²) in [6.07, 6.45) is 9.19. The third-order valence-corrected chi connectivity index (χ3v) is 2.45. The van der Waals surface area contributed by atoms with Crippen molar-refractivity contribution in [3.63, 3.8) is 0 Å². The van der Waals surface area contributed by atoms with Gasteiger partial charge in [0, 0.05) is 12.8 Å². The van der Waals surface area contributed by atoms with Crippen LogP contribution in [0, 0.1) is 17.8 Å². The van der Waals surface area contributed by atoms with Crippen molar-refractivity contribution in [2.24, 2.45) is 5.92 Å². The highest BCUT2D eigenvalue weighted by Crippen LogP contribution is 2.21. The lowest BCUT2D eigenvalue weighted by Crippen LogP contribution is -1.98. The van der Waals surface area contributed by atoms with E-state index in [1.165, 1.54) is 32.1 Å². The minimum atomic E-state index is 0.970. The molecular weight excluding hydrogens is 132 g/mol. The molecule has 0 radical (unpaired) electrons. The van der Waals surface area contributed by atoms with Gasteiger partial charge in [-0.2, -0.15) is 0 Å². The Morgan fingerprint density at radius 1 is 1.18 bits per heavy atom. The Kier molecular flexibility index (Phi) is 4.12. The van der Waals surface area contributed by atoms with Crippen molar-refractivity contribution in [3.05, 3.63) is 0 Å². The Morgan fingerprint density at radius 3 is 2.36 bits per heavy atom. The van der Waals surface area contributed by atoms with E-state index in [1.807, 2.05) is 0 Å². The monoisotopic (exact) mass is 150 g/mol. The van der Waals surface area contributed by atoms with Crippen LogP contribution in [0.1, 0.15) is 51.9 Å². The second-order valence-electron chi connectivity index (χ2n) is 3.44. The SMILES string of the molecule is CCCCC1CCC#CCC1. The van der Waals surface area contributed by atoms with Gasteiger partial charge < -0.3 is 0 Å². The van der Waals surface area contributed by atoms with E-state index in [0.717, 1.165) is 18.8 Å². The molecular formula is C11H18. The fraction of sp³-hybridized carbons (Fsp3) is 0.818. The summed E-state index contributed by atoms with van der Waals surface area (Å²) in [4.78, 5) is 0. The molecule has 0 saturated carbocycles. The predicted octanol–water partition coefficient (Wildman–Crippen LogP) is 3.37. The van der Waals surface area contributed by atoms with Crippen molar-refractivity contribution in [1.29, 1.82) is 0 Å². The Bertz CT molecular complexity index is 135. The van der Waals surface area contributed by atoms with Crippen LogP contribution in [0.3, 0.4) is 0 Å². The first kappa shape index (κ1) is 8.65. The van der Waals surface area contributed by atoms with Crippen LogP contribution in [-0.4, -0.2) is 0 Å². The fourth-order valence-electron chi connectivity index (χ4n) is 1.66. The smallest absolute Gasteiger partial charge is 0.00913 e. The average Bonchev–Trinajstić information content (AvgIpc) is 2.28. The second-order valence-corrected chi connectivity index (χ2v) is 3.44. The van der Waals surface area contributed by atoms with Crippen molar-refractivity contribution >= 4 is 0 Å². The summed E-state index contributed by atoms with van der Waals surface area (Å²) in [6, 6.07) is 0. The molecule has 62 valence electrons. The van der Waals surface area contributed by atoms with Crippen LogP contribution in [0.25, 0.3) is 0 Å². The molecule has 0 unspecified atom stereocenters. The largest absolute Gasteiger partial charge is 0.103 e. The molecule has 0 saturated heterocycles. The zero-order valence-corrected chi connectivity index (χ0v) is 7.53. The molecule has 11 heavy (non-hydrogen) atoms. The minimum absolute atomic E-state index is 0.970. The minimum Gasteiger partial charge on any atom is -0.103 e. The second kappa shape index (κ2) is 5.24. The number of unbranched alkanes of at least 4 members (excludes halogenated alkanes) is 1. The topological polar surface area (TPSA) is 0 Å². The van der Waals surface area contributed by atoms with Crippen LogP contribution >= 0.6 is 0 Å². The molecule has 0 nitrogen and oxygen atoms in total. The summed E-state index contributed by atoms with van der Waals surface area (Å²) in [5.41, 5.74) is 0. The van der Waals surface area contributed by atoms with Crippen molar-refractivity contribution in [2.45, 2.75) is 51.9 Å². The van der Waals surface area contributed by atoms with E-state index in [1.54, 1.807) is 0 Å². The van der Waals surface area contributed by atoms with Gasteiger partial charge in [-0.15, -0.1) is 11.8 Å². The molecule has 0 heteroatoms. The maximum absolute atomic E-state index is 3.20. The van der Waals surface area contributed by atoms with E-state index >= 15 is 0 Å². The zero-order chi connectivity index (χ0) is 7.94. The lowest BCUT2D eigenvalue weighted by molar-refractivity contribution is 0.420. The van der Waals surface area contributed by atoms with E-state index in [9.17, 15) is 0 Å². The Morgan fingerprint density at radius 2 is 1.82 bits per heavy atom. The summed E-state index contributed by atoms with van der Waals surface area (Å²) in [5.74, 6) is 7.38. The van der Waals surface area contributed by atoms with Gasteiger partial charge in [0.15, 0.2) is 0 Å². The molecule has 1 aliphatic carbocycles. The molecule has 0 fully saturated rings. The van der Waals surface area contributed by atoms with Gasteiger partial charge in [-0.05, 0) is 18.8 Å². The van der Waals surface area contributed by atoms with Crippen LogP contribution in [0.15, 0.2) is 0 Å². The number of hydrogen-bond donors (Lipinski definition) is 0. The molecule has 0 aliphatic heterocycles.